The lowest BCUT2D eigenvalue weighted by Crippen LogP contribution is -2.01. The van der Waals surface area contributed by atoms with Crippen LogP contribution >= 0.6 is 11.6 Å². The van der Waals surface area contributed by atoms with E-state index in [4.69, 9.17) is 16.7 Å². The molecule has 2 rings (SSSR count). The van der Waals surface area contributed by atoms with E-state index in [1.54, 1.807) is 10.7 Å². The van der Waals surface area contributed by atoms with Crippen molar-refractivity contribution in [2.45, 2.75) is 26.7 Å². The van der Waals surface area contributed by atoms with Gasteiger partial charge in [-0.25, -0.2) is 9.07 Å². The average molecular weight is 297 g/mol. The number of rotatable bonds is 4. The maximum Gasteiger partial charge on any atom is 0.303 e. The standard InChI is InChI=1S/C14H14ClFN2O2/c1-8-11(4-6-14(19)20)9(2)18(17-8)10-3-5-13(16)12(15)7-10/h3,5,7H,4,6H2,1-2H3,(H,19,20). The fraction of sp³-hybridized carbons (Fsp3) is 0.286. The van der Waals surface area contributed by atoms with E-state index in [2.05, 4.69) is 5.10 Å². The molecule has 0 aliphatic rings. The number of halogens is 2. The van der Waals surface area contributed by atoms with Crippen molar-refractivity contribution >= 4 is 17.6 Å². The second-order valence-electron chi connectivity index (χ2n) is 4.55. The van der Waals surface area contributed by atoms with Gasteiger partial charge in [-0.1, -0.05) is 11.6 Å². The predicted molar refractivity (Wildman–Crippen MR) is 74.0 cm³/mol. The molecule has 0 saturated carbocycles. The highest BCUT2D eigenvalue weighted by molar-refractivity contribution is 6.30. The van der Waals surface area contributed by atoms with E-state index >= 15 is 0 Å². The van der Waals surface area contributed by atoms with Gasteiger partial charge in [0.05, 0.1) is 16.4 Å². The van der Waals surface area contributed by atoms with Crippen LogP contribution in [0, 0.1) is 19.7 Å². The minimum absolute atomic E-state index is 0.0298. The Kier molecular flexibility index (Phi) is 4.09. The van der Waals surface area contributed by atoms with Crippen molar-refractivity contribution < 1.29 is 14.3 Å². The highest BCUT2D eigenvalue weighted by Gasteiger charge is 2.14. The Balaban J connectivity index is 2.40. The van der Waals surface area contributed by atoms with Gasteiger partial charge in [-0.15, -0.1) is 0 Å². The first-order chi connectivity index (χ1) is 9.40. The molecule has 1 aromatic carbocycles. The van der Waals surface area contributed by atoms with Crippen LogP contribution < -0.4 is 0 Å². The maximum atomic E-state index is 13.2. The number of aliphatic carboxylic acids is 1. The minimum atomic E-state index is -0.846. The number of carbonyl (C=O) groups is 1. The topological polar surface area (TPSA) is 55.1 Å². The SMILES string of the molecule is Cc1nn(-c2ccc(F)c(Cl)c2)c(C)c1CCC(=O)O. The first kappa shape index (κ1) is 14.5. The van der Waals surface area contributed by atoms with Crippen molar-refractivity contribution in [2.24, 2.45) is 0 Å². The quantitative estimate of drug-likeness (QED) is 0.942. The van der Waals surface area contributed by atoms with Crippen LogP contribution in [0.25, 0.3) is 5.69 Å². The summed E-state index contributed by atoms with van der Waals surface area (Å²) < 4.78 is 14.8. The summed E-state index contributed by atoms with van der Waals surface area (Å²) in [6, 6.07) is 4.37. The zero-order chi connectivity index (χ0) is 14.9. The van der Waals surface area contributed by atoms with Crippen LogP contribution in [0.4, 0.5) is 4.39 Å². The zero-order valence-electron chi connectivity index (χ0n) is 11.2. The van der Waals surface area contributed by atoms with E-state index in [1.807, 2.05) is 13.8 Å². The third-order valence-corrected chi connectivity index (χ3v) is 3.47. The van der Waals surface area contributed by atoms with Crippen LogP contribution in [0.3, 0.4) is 0 Å². The summed E-state index contributed by atoms with van der Waals surface area (Å²) >= 11 is 5.77. The van der Waals surface area contributed by atoms with Gasteiger partial charge in [-0.05, 0) is 44.0 Å². The molecule has 1 N–H and O–H groups in total. The second kappa shape index (κ2) is 5.63. The van der Waals surface area contributed by atoms with Gasteiger partial charge in [-0.2, -0.15) is 5.10 Å². The van der Waals surface area contributed by atoms with Gasteiger partial charge in [0.15, 0.2) is 0 Å². The van der Waals surface area contributed by atoms with E-state index in [0.29, 0.717) is 12.1 Å². The number of hydrogen-bond donors (Lipinski definition) is 1. The third kappa shape index (κ3) is 2.82. The van der Waals surface area contributed by atoms with Crippen LogP contribution in [-0.4, -0.2) is 20.9 Å². The summed E-state index contributed by atoms with van der Waals surface area (Å²) in [5.41, 5.74) is 3.15. The van der Waals surface area contributed by atoms with Gasteiger partial charge in [0.1, 0.15) is 5.82 Å². The first-order valence-corrected chi connectivity index (χ1v) is 6.50. The number of hydrogen-bond acceptors (Lipinski definition) is 2. The van der Waals surface area contributed by atoms with Crippen LogP contribution in [0.2, 0.25) is 5.02 Å². The highest BCUT2D eigenvalue weighted by Crippen LogP contribution is 2.23. The van der Waals surface area contributed by atoms with Gasteiger partial charge < -0.3 is 5.11 Å². The third-order valence-electron chi connectivity index (χ3n) is 3.18. The molecule has 0 amide bonds. The average Bonchev–Trinajstić information content (AvgIpc) is 2.66. The van der Waals surface area contributed by atoms with Crippen molar-refractivity contribution in [1.82, 2.24) is 9.78 Å². The molecule has 0 aliphatic heterocycles. The highest BCUT2D eigenvalue weighted by atomic mass is 35.5. The molecular formula is C14H14ClFN2O2. The molecule has 4 nitrogen and oxygen atoms in total. The number of nitrogens with zero attached hydrogens (tertiary/aromatic N) is 2. The van der Waals surface area contributed by atoms with E-state index in [9.17, 15) is 9.18 Å². The fourth-order valence-electron chi connectivity index (χ4n) is 2.14. The lowest BCUT2D eigenvalue weighted by atomic mass is 10.1. The van der Waals surface area contributed by atoms with E-state index in [-0.39, 0.29) is 11.4 Å². The summed E-state index contributed by atoms with van der Waals surface area (Å²) in [4.78, 5) is 10.7. The fourth-order valence-corrected chi connectivity index (χ4v) is 2.31. The lowest BCUT2D eigenvalue weighted by Gasteiger charge is -2.06. The Morgan fingerprint density at radius 2 is 2.15 bits per heavy atom. The van der Waals surface area contributed by atoms with Gasteiger partial charge in [0.25, 0.3) is 0 Å². The number of carboxylic acid groups (broad SMARTS) is 1. The number of aryl methyl sites for hydroxylation is 1. The van der Waals surface area contributed by atoms with E-state index in [0.717, 1.165) is 17.0 Å². The molecule has 1 aromatic heterocycles. The van der Waals surface area contributed by atoms with Gasteiger partial charge in [-0.3, -0.25) is 4.79 Å². The second-order valence-corrected chi connectivity index (χ2v) is 4.96. The van der Waals surface area contributed by atoms with E-state index < -0.39 is 11.8 Å². The molecule has 0 bridgehead atoms. The Labute approximate surface area is 120 Å². The number of carboxylic acids is 1. The Morgan fingerprint density at radius 1 is 1.45 bits per heavy atom. The summed E-state index contributed by atoms with van der Waals surface area (Å²) in [6.45, 7) is 3.68. The molecule has 6 heteroatoms. The smallest absolute Gasteiger partial charge is 0.303 e. The molecule has 1 heterocycles. The number of aromatic nitrogens is 2. The Morgan fingerprint density at radius 3 is 2.75 bits per heavy atom. The van der Waals surface area contributed by atoms with Crippen molar-refractivity contribution in [3.63, 3.8) is 0 Å². The molecule has 106 valence electrons. The lowest BCUT2D eigenvalue weighted by molar-refractivity contribution is -0.136. The van der Waals surface area contributed by atoms with Gasteiger partial charge in [0.2, 0.25) is 0 Å². The molecule has 0 atom stereocenters. The maximum absolute atomic E-state index is 13.2. The summed E-state index contributed by atoms with van der Waals surface area (Å²) in [6.07, 6.45) is 0.472. The molecular weight excluding hydrogens is 283 g/mol. The monoisotopic (exact) mass is 296 g/mol. The van der Waals surface area contributed by atoms with Crippen LogP contribution in [0.1, 0.15) is 23.4 Å². The summed E-state index contributed by atoms with van der Waals surface area (Å²) in [7, 11) is 0. The number of benzene rings is 1. The van der Waals surface area contributed by atoms with Crippen molar-refractivity contribution in [1.29, 1.82) is 0 Å². The minimum Gasteiger partial charge on any atom is -0.481 e. The first-order valence-electron chi connectivity index (χ1n) is 6.12. The van der Waals surface area contributed by atoms with Crippen LogP contribution in [0.5, 0.6) is 0 Å². The molecule has 0 aliphatic carbocycles. The summed E-state index contributed by atoms with van der Waals surface area (Å²) in [5.74, 6) is -1.33. The molecule has 0 saturated heterocycles. The molecule has 0 radical (unpaired) electrons. The predicted octanol–water partition coefficient (Wildman–Crippen LogP) is 3.30. The summed E-state index contributed by atoms with van der Waals surface area (Å²) in [5, 5.41) is 13.2. The van der Waals surface area contributed by atoms with Crippen molar-refractivity contribution in [3.8, 4) is 5.69 Å². The van der Waals surface area contributed by atoms with Crippen molar-refractivity contribution in [3.05, 3.63) is 46.0 Å². The van der Waals surface area contributed by atoms with Crippen LogP contribution in [-0.2, 0) is 11.2 Å². The zero-order valence-corrected chi connectivity index (χ0v) is 11.9. The normalized spacial score (nSPS) is 10.8. The van der Waals surface area contributed by atoms with Crippen LogP contribution in [0.15, 0.2) is 18.2 Å². The molecule has 0 unspecified atom stereocenters. The largest absolute Gasteiger partial charge is 0.481 e. The Bertz CT molecular complexity index is 667. The van der Waals surface area contributed by atoms with Gasteiger partial charge >= 0.3 is 5.97 Å². The van der Waals surface area contributed by atoms with Gasteiger partial charge in [0, 0.05) is 12.1 Å². The molecule has 20 heavy (non-hydrogen) atoms. The molecule has 0 fully saturated rings. The van der Waals surface area contributed by atoms with Crippen molar-refractivity contribution in [2.75, 3.05) is 0 Å². The Hall–Kier alpha value is -1.88. The molecule has 2 aromatic rings. The molecule has 0 spiro atoms. The van der Waals surface area contributed by atoms with E-state index in [1.165, 1.54) is 12.1 Å².